The van der Waals surface area contributed by atoms with Crippen molar-refractivity contribution >= 4 is 17.2 Å². The fourth-order valence-corrected chi connectivity index (χ4v) is 3.44. The number of hydrogen-bond acceptors (Lipinski definition) is 3. The lowest BCUT2D eigenvalue weighted by Crippen LogP contribution is -2.45. The minimum absolute atomic E-state index is 0.349. The molecule has 1 N–H and O–H groups in total. The number of likely N-dealkylation sites (tertiary alicyclic amines) is 1. The molecule has 0 bridgehead atoms. The van der Waals surface area contributed by atoms with Crippen LogP contribution in [0.3, 0.4) is 0 Å². The normalized spacial score (nSPS) is 24.9. The van der Waals surface area contributed by atoms with E-state index in [-0.39, 0.29) is 0 Å². The molecule has 1 amide bonds. The number of carbonyl (C=O) groups excluding carboxylic acids is 1. The predicted octanol–water partition coefficient (Wildman–Crippen LogP) is 2.02. The topological polar surface area (TPSA) is 32.3 Å². The van der Waals surface area contributed by atoms with Crippen molar-refractivity contribution in [3.05, 3.63) is 22.4 Å². The zero-order valence-corrected chi connectivity index (χ0v) is 10.7. The minimum Gasteiger partial charge on any atom is -0.336 e. The van der Waals surface area contributed by atoms with E-state index < -0.39 is 0 Å². The van der Waals surface area contributed by atoms with Crippen LogP contribution in [-0.2, 0) is 4.79 Å². The second kappa shape index (κ2) is 4.78. The van der Waals surface area contributed by atoms with Gasteiger partial charge in [0.05, 0.1) is 6.04 Å². The molecule has 0 radical (unpaired) electrons. The molecule has 2 aliphatic heterocycles. The second-order valence-electron chi connectivity index (χ2n) is 5.03. The maximum absolute atomic E-state index is 12.3. The van der Waals surface area contributed by atoms with Crippen LogP contribution in [0.4, 0.5) is 0 Å². The van der Waals surface area contributed by atoms with Gasteiger partial charge in [-0.25, -0.2) is 0 Å². The molecule has 2 saturated heterocycles. The van der Waals surface area contributed by atoms with E-state index in [4.69, 9.17) is 0 Å². The molecule has 0 spiro atoms. The maximum Gasteiger partial charge on any atom is 0.223 e. The molecule has 3 rings (SSSR count). The minimum atomic E-state index is 0.349. The van der Waals surface area contributed by atoms with Crippen molar-refractivity contribution in [2.75, 3.05) is 19.6 Å². The SMILES string of the molecule is O=C(CC1CNC1)N1CCCC1c1ccsc1. The summed E-state index contributed by atoms with van der Waals surface area (Å²) in [6, 6.07) is 2.51. The standard InChI is InChI=1S/C13H18N2OS/c16-13(6-10-7-14-8-10)15-4-1-2-12(15)11-3-5-17-9-11/h3,5,9-10,12,14H,1-2,4,6-8H2. The molecular weight excluding hydrogens is 232 g/mol. The van der Waals surface area contributed by atoms with E-state index in [0.29, 0.717) is 17.9 Å². The Morgan fingerprint density at radius 3 is 3.06 bits per heavy atom. The molecule has 1 aromatic rings. The highest BCUT2D eigenvalue weighted by Gasteiger charge is 2.32. The molecule has 0 aliphatic carbocycles. The Kier molecular flexibility index (Phi) is 3.16. The summed E-state index contributed by atoms with van der Waals surface area (Å²) in [5, 5.41) is 7.51. The van der Waals surface area contributed by atoms with E-state index in [9.17, 15) is 4.79 Å². The summed E-state index contributed by atoms with van der Waals surface area (Å²) >= 11 is 1.72. The van der Waals surface area contributed by atoms with E-state index >= 15 is 0 Å². The van der Waals surface area contributed by atoms with Gasteiger partial charge in [0.15, 0.2) is 0 Å². The molecule has 1 unspecified atom stereocenters. The van der Waals surface area contributed by atoms with Crippen molar-refractivity contribution < 1.29 is 4.79 Å². The number of rotatable bonds is 3. The molecule has 1 atom stereocenters. The molecule has 3 nitrogen and oxygen atoms in total. The van der Waals surface area contributed by atoms with Gasteiger partial charge < -0.3 is 10.2 Å². The second-order valence-corrected chi connectivity index (χ2v) is 5.81. The highest BCUT2D eigenvalue weighted by Crippen LogP contribution is 2.33. The summed E-state index contributed by atoms with van der Waals surface area (Å²) < 4.78 is 0. The largest absolute Gasteiger partial charge is 0.336 e. The van der Waals surface area contributed by atoms with Crippen LogP contribution in [0, 0.1) is 5.92 Å². The van der Waals surface area contributed by atoms with Crippen molar-refractivity contribution in [1.82, 2.24) is 10.2 Å². The number of hydrogen-bond donors (Lipinski definition) is 1. The average Bonchev–Trinajstić information content (AvgIpc) is 2.91. The van der Waals surface area contributed by atoms with Gasteiger partial charge in [0, 0.05) is 13.0 Å². The van der Waals surface area contributed by atoms with Gasteiger partial charge in [-0.05, 0) is 54.2 Å². The zero-order chi connectivity index (χ0) is 11.7. The van der Waals surface area contributed by atoms with Crippen molar-refractivity contribution in [2.24, 2.45) is 5.92 Å². The van der Waals surface area contributed by atoms with E-state index in [0.717, 1.165) is 38.9 Å². The fourth-order valence-electron chi connectivity index (χ4n) is 2.73. The third-order valence-electron chi connectivity index (χ3n) is 3.83. The van der Waals surface area contributed by atoms with Crippen molar-refractivity contribution in [2.45, 2.75) is 25.3 Å². The van der Waals surface area contributed by atoms with E-state index in [1.165, 1.54) is 5.56 Å². The van der Waals surface area contributed by atoms with Crippen LogP contribution in [0.5, 0.6) is 0 Å². The van der Waals surface area contributed by atoms with Gasteiger partial charge in [-0.3, -0.25) is 4.79 Å². The van der Waals surface area contributed by atoms with Crippen LogP contribution < -0.4 is 5.32 Å². The molecule has 0 aromatic carbocycles. The van der Waals surface area contributed by atoms with E-state index in [1.54, 1.807) is 11.3 Å². The molecule has 3 heterocycles. The monoisotopic (exact) mass is 250 g/mol. The molecule has 92 valence electrons. The van der Waals surface area contributed by atoms with Gasteiger partial charge in [0.2, 0.25) is 5.91 Å². The van der Waals surface area contributed by atoms with Crippen LogP contribution in [0.25, 0.3) is 0 Å². The molecule has 1 aromatic heterocycles. The van der Waals surface area contributed by atoms with Crippen LogP contribution >= 0.6 is 11.3 Å². The van der Waals surface area contributed by atoms with Crippen molar-refractivity contribution in [3.63, 3.8) is 0 Å². The Bertz CT molecular complexity index is 386. The summed E-state index contributed by atoms with van der Waals surface area (Å²) in [4.78, 5) is 14.4. The van der Waals surface area contributed by atoms with Gasteiger partial charge in [-0.15, -0.1) is 0 Å². The quantitative estimate of drug-likeness (QED) is 0.890. The van der Waals surface area contributed by atoms with Crippen molar-refractivity contribution in [3.8, 4) is 0 Å². The Morgan fingerprint density at radius 1 is 1.53 bits per heavy atom. The third-order valence-corrected chi connectivity index (χ3v) is 4.53. The molecule has 2 fully saturated rings. The lowest BCUT2D eigenvalue weighted by molar-refractivity contribution is -0.133. The highest BCUT2D eigenvalue weighted by molar-refractivity contribution is 7.07. The number of amides is 1. The summed E-state index contributed by atoms with van der Waals surface area (Å²) in [6.07, 6.45) is 3.01. The maximum atomic E-state index is 12.3. The summed E-state index contributed by atoms with van der Waals surface area (Å²) in [6.45, 7) is 2.98. The van der Waals surface area contributed by atoms with Crippen LogP contribution in [0.15, 0.2) is 16.8 Å². The number of thiophene rings is 1. The molecular formula is C13H18N2OS. The third kappa shape index (κ3) is 2.24. The number of carbonyl (C=O) groups is 1. The first-order valence-corrected chi connectivity index (χ1v) is 7.31. The Morgan fingerprint density at radius 2 is 2.41 bits per heavy atom. The van der Waals surface area contributed by atoms with Gasteiger partial charge in [0.1, 0.15) is 0 Å². The Hall–Kier alpha value is -0.870. The Balaban J connectivity index is 1.66. The first kappa shape index (κ1) is 11.2. The highest BCUT2D eigenvalue weighted by atomic mass is 32.1. The van der Waals surface area contributed by atoms with Gasteiger partial charge in [-0.1, -0.05) is 0 Å². The number of nitrogens with one attached hydrogen (secondary N) is 1. The van der Waals surface area contributed by atoms with Crippen LogP contribution in [0.2, 0.25) is 0 Å². The Labute approximate surface area is 106 Å². The molecule has 17 heavy (non-hydrogen) atoms. The van der Waals surface area contributed by atoms with Crippen LogP contribution in [-0.4, -0.2) is 30.4 Å². The lowest BCUT2D eigenvalue weighted by atomic mass is 9.98. The average molecular weight is 250 g/mol. The number of nitrogens with zero attached hydrogens (tertiary/aromatic N) is 1. The molecule has 0 saturated carbocycles. The van der Waals surface area contributed by atoms with E-state index in [2.05, 4.69) is 27.0 Å². The van der Waals surface area contributed by atoms with Crippen LogP contribution in [0.1, 0.15) is 30.9 Å². The first-order valence-electron chi connectivity index (χ1n) is 6.37. The fraction of sp³-hybridized carbons (Fsp3) is 0.615. The summed E-state index contributed by atoms with van der Waals surface area (Å²) in [7, 11) is 0. The van der Waals surface area contributed by atoms with Gasteiger partial charge >= 0.3 is 0 Å². The zero-order valence-electron chi connectivity index (χ0n) is 9.89. The summed E-state index contributed by atoms with van der Waals surface area (Å²) in [5.41, 5.74) is 1.33. The lowest BCUT2D eigenvalue weighted by Gasteiger charge is -2.30. The smallest absolute Gasteiger partial charge is 0.223 e. The van der Waals surface area contributed by atoms with Gasteiger partial charge in [-0.2, -0.15) is 11.3 Å². The predicted molar refractivity (Wildman–Crippen MR) is 69.0 cm³/mol. The molecule has 2 aliphatic rings. The van der Waals surface area contributed by atoms with E-state index in [1.807, 2.05) is 0 Å². The van der Waals surface area contributed by atoms with Crippen molar-refractivity contribution in [1.29, 1.82) is 0 Å². The van der Waals surface area contributed by atoms with Gasteiger partial charge in [0.25, 0.3) is 0 Å². The molecule has 4 heteroatoms. The first-order chi connectivity index (χ1) is 8.34. The summed E-state index contributed by atoms with van der Waals surface area (Å²) in [5.74, 6) is 0.927.